The van der Waals surface area contributed by atoms with Crippen molar-refractivity contribution in [2.24, 2.45) is 0 Å². The molecular formula is C8H12BClO. The maximum atomic E-state index is 8.91. The summed E-state index contributed by atoms with van der Waals surface area (Å²) in [5, 5.41) is 8.87. The minimum Gasteiger partial charge on any atom is -0.513 e. The van der Waals surface area contributed by atoms with Gasteiger partial charge in [0.15, 0.2) is 0 Å². The molecule has 1 nitrogen and oxygen atoms in total. The highest BCUT2D eigenvalue weighted by Gasteiger charge is 2.10. The Balaban J connectivity index is 4.48. The van der Waals surface area contributed by atoms with Crippen molar-refractivity contribution in [2.75, 3.05) is 0 Å². The third-order valence-electron chi connectivity index (χ3n) is 1.03. The number of rotatable bonds is 2. The monoisotopic (exact) mass is 170 g/mol. The Kier molecular flexibility index (Phi) is 3.74. The van der Waals surface area contributed by atoms with Gasteiger partial charge in [-0.15, -0.1) is 0 Å². The average molecular weight is 170 g/mol. The predicted octanol–water partition coefficient (Wildman–Crippen LogP) is 2.94. The van der Waals surface area contributed by atoms with Gasteiger partial charge in [-0.2, -0.15) is 0 Å². The van der Waals surface area contributed by atoms with Gasteiger partial charge in [-0.1, -0.05) is 24.6 Å². The van der Waals surface area contributed by atoms with Gasteiger partial charge in [0.25, 0.3) is 0 Å². The molecule has 0 aromatic rings. The molecule has 2 radical (unpaired) electrons. The van der Waals surface area contributed by atoms with Crippen molar-refractivity contribution in [1.29, 1.82) is 0 Å². The Morgan fingerprint density at radius 1 is 1.45 bits per heavy atom. The fraction of sp³-hybridized carbons (Fsp3) is 0.500. The topological polar surface area (TPSA) is 20.2 Å². The van der Waals surface area contributed by atoms with Crippen LogP contribution in [0.2, 0.25) is 5.31 Å². The summed E-state index contributed by atoms with van der Waals surface area (Å²) in [4.78, 5) is 0. The number of allylic oxidation sites excluding steroid dienone is 4. The number of aliphatic hydroxyl groups is 1. The molecule has 0 aliphatic carbocycles. The highest BCUT2D eigenvalue weighted by atomic mass is 35.5. The molecule has 0 aromatic carbocycles. The molecule has 0 heterocycles. The van der Waals surface area contributed by atoms with E-state index in [0.717, 1.165) is 0 Å². The normalized spacial score (nSPS) is 19.6. The van der Waals surface area contributed by atoms with E-state index in [0.29, 0.717) is 5.03 Å². The van der Waals surface area contributed by atoms with Gasteiger partial charge in [-0.25, -0.2) is 0 Å². The lowest BCUT2D eigenvalue weighted by molar-refractivity contribution is 0.410. The van der Waals surface area contributed by atoms with Crippen LogP contribution in [0.4, 0.5) is 0 Å². The molecule has 0 spiro atoms. The predicted molar refractivity (Wildman–Crippen MR) is 50.1 cm³/mol. The second-order valence-corrected chi connectivity index (χ2v) is 3.48. The zero-order chi connectivity index (χ0) is 9.07. The summed E-state index contributed by atoms with van der Waals surface area (Å²) in [6.45, 7) is 5.08. The van der Waals surface area contributed by atoms with E-state index in [1.165, 1.54) is 0 Å². The minimum absolute atomic E-state index is 0.198. The molecule has 0 rings (SSSR count). The van der Waals surface area contributed by atoms with E-state index in [-0.39, 0.29) is 5.76 Å². The zero-order valence-corrected chi connectivity index (χ0v) is 7.81. The second-order valence-electron chi connectivity index (χ2n) is 2.88. The van der Waals surface area contributed by atoms with Crippen LogP contribution >= 0.6 is 11.6 Å². The maximum absolute atomic E-state index is 8.91. The summed E-state index contributed by atoms with van der Waals surface area (Å²) in [6, 6.07) is 0. The van der Waals surface area contributed by atoms with Crippen LogP contribution in [0.25, 0.3) is 0 Å². The molecule has 0 saturated carbocycles. The lowest BCUT2D eigenvalue weighted by atomic mass is 9.70. The molecule has 1 atom stereocenters. The van der Waals surface area contributed by atoms with Gasteiger partial charge in [0.1, 0.15) is 0 Å². The molecule has 0 aromatic heterocycles. The van der Waals surface area contributed by atoms with Crippen LogP contribution in [-0.4, -0.2) is 13.0 Å². The van der Waals surface area contributed by atoms with Crippen LogP contribution in [0.15, 0.2) is 22.9 Å². The van der Waals surface area contributed by atoms with Crippen molar-refractivity contribution in [3.63, 3.8) is 0 Å². The van der Waals surface area contributed by atoms with E-state index in [9.17, 15) is 0 Å². The van der Waals surface area contributed by atoms with Crippen LogP contribution in [-0.2, 0) is 0 Å². The zero-order valence-electron chi connectivity index (χ0n) is 7.06. The van der Waals surface area contributed by atoms with Gasteiger partial charge in [-0.05, 0) is 25.2 Å². The van der Waals surface area contributed by atoms with E-state index in [4.69, 9.17) is 24.6 Å². The maximum Gasteiger partial charge on any atom is 0.0856 e. The van der Waals surface area contributed by atoms with Crippen LogP contribution in [0, 0.1) is 0 Å². The summed E-state index contributed by atoms with van der Waals surface area (Å²) in [5.74, 6) is 0.198. The largest absolute Gasteiger partial charge is 0.513 e. The van der Waals surface area contributed by atoms with Crippen LogP contribution in [0.1, 0.15) is 20.8 Å². The highest BCUT2D eigenvalue weighted by Crippen LogP contribution is 2.27. The van der Waals surface area contributed by atoms with E-state index < -0.39 is 5.31 Å². The SMILES string of the molecule is [B]C(C)(/C=C(\C)O)/C=C(\C)Cl. The molecule has 0 amide bonds. The van der Waals surface area contributed by atoms with E-state index in [1.807, 2.05) is 0 Å². The van der Waals surface area contributed by atoms with Gasteiger partial charge in [0, 0.05) is 5.03 Å². The summed E-state index contributed by atoms with van der Waals surface area (Å²) >= 11 is 5.62. The average Bonchev–Trinajstić information content (AvgIpc) is 1.53. The Labute approximate surface area is 74.2 Å². The van der Waals surface area contributed by atoms with Crippen LogP contribution in [0.5, 0.6) is 0 Å². The first-order valence-corrected chi connectivity index (χ1v) is 3.73. The third kappa shape index (κ3) is 6.05. The molecule has 1 N–H and O–H groups in total. The summed E-state index contributed by atoms with van der Waals surface area (Å²) in [7, 11) is 5.72. The number of hydrogen-bond donors (Lipinski definition) is 1. The molecule has 0 saturated heterocycles. The van der Waals surface area contributed by atoms with Gasteiger partial charge >= 0.3 is 0 Å². The Morgan fingerprint density at radius 2 is 1.91 bits per heavy atom. The Bertz CT molecular complexity index is 166. The van der Waals surface area contributed by atoms with E-state index in [1.54, 1.807) is 32.9 Å². The molecule has 11 heavy (non-hydrogen) atoms. The molecular weight excluding hydrogens is 158 g/mol. The van der Waals surface area contributed by atoms with Crippen LogP contribution in [0.3, 0.4) is 0 Å². The first-order chi connectivity index (χ1) is 4.83. The van der Waals surface area contributed by atoms with E-state index >= 15 is 0 Å². The van der Waals surface area contributed by atoms with Gasteiger partial charge in [-0.3, -0.25) is 0 Å². The molecule has 0 aliphatic heterocycles. The summed E-state index contributed by atoms with van der Waals surface area (Å²) in [6.07, 6.45) is 3.22. The highest BCUT2D eigenvalue weighted by molar-refractivity contribution is 6.30. The number of hydrogen-bond acceptors (Lipinski definition) is 1. The first-order valence-electron chi connectivity index (χ1n) is 3.36. The van der Waals surface area contributed by atoms with Crippen molar-refractivity contribution in [3.05, 3.63) is 22.9 Å². The van der Waals surface area contributed by atoms with Crippen molar-refractivity contribution in [2.45, 2.75) is 26.1 Å². The molecule has 3 heteroatoms. The van der Waals surface area contributed by atoms with E-state index in [2.05, 4.69) is 0 Å². The Morgan fingerprint density at radius 3 is 2.18 bits per heavy atom. The minimum atomic E-state index is -0.662. The van der Waals surface area contributed by atoms with Gasteiger partial charge < -0.3 is 5.11 Å². The smallest absolute Gasteiger partial charge is 0.0856 e. The van der Waals surface area contributed by atoms with Crippen LogP contribution < -0.4 is 0 Å². The standard InChI is InChI=1S/C8H12BClO/c1-6(10)4-8(3,9)5-7(2)11/h4-5,11H,1-3H3/b6-4+,7-5+. The molecule has 1 unspecified atom stereocenters. The van der Waals surface area contributed by atoms with Crippen molar-refractivity contribution in [1.82, 2.24) is 0 Å². The van der Waals surface area contributed by atoms with Crippen molar-refractivity contribution in [3.8, 4) is 0 Å². The Hall–Kier alpha value is -0.365. The van der Waals surface area contributed by atoms with Crippen molar-refractivity contribution < 1.29 is 5.11 Å². The number of aliphatic hydroxyl groups excluding tert-OH is 1. The fourth-order valence-corrected chi connectivity index (χ4v) is 1.16. The second kappa shape index (κ2) is 3.86. The summed E-state index contributed by atoms with van der Waals surface area (Å²) < 4.78 is 0. The molecule has 0 fully saturated rings. The lowest BCUT2D eigenvalue weighted by Gasteiger charge is -2.15. The quantitative estimate of drug-likeness (QED) is 0.499. The molecule has 60 valence electrons. The molecule has 0 aliphatic rings. The summed E-state index contributed by atoms with van der Waals surface area (Å²) in [5.41, 5.74) is 0. The van der Waals surface area contributed by atoms with Gasteiger partial charge in [0.2, 0.25) is 0 Å². The fourth-order valence-electron chi connectivity index (χ4n) is 0.920. The molecule has 0 bridgehead atoms. The first kappa shape index (κ1) is 10.6. The van der Waals surface area contributed by atoms with Crippen molar-refractivity contribution >= 4 is 19.4 Å². The number of halogens is 1. The lowest BCUT2D eigenvalue weighted by Crippen LogP contribution is -2.01. The van der Waals surface area contributed by atoms with Gasteiger partial charge in [0.05, 0.1) is 13.6 Å². The third-order valence-corrected chi connectivity index (χ3v) is 1.14.